The average molecular weight is 526 g/mol. The van der Waals surface area contributed by atoms with Crippen LogP contribution in [0.15, 0.2) is 66.7 Å². The molecular formula is C32H39N5O2. The van der Waals surface area contributed by atoms with Crippen LogP contribution in [0.3, 0.4) is 0 Å². The summed E-state index contributed by atoms with van der Waals surface area (Å²) < 4.78 is 2.09. The second-order valence-electron chi connectivity index (χ2n) is 10.7. The standard InChI is InChI=1S/C32H39N5O2/c1-22(2)26-14-11-23(3)28(19-26)35-31(38)20-30-34-27-9-6-7-10-29(27)37(30)21-24-12-15-25(16-13-24)32(39)33-17-8-18-36(4)5/h6-7,9-16,19,22H,8,17-18,20-21H2,1-5H3,(H,33,39)(H,35,38). The van der Waals surface area contributed by atoms with E-state index in [0.717, 1.165) is 40.8 Å². The number of rotatable bonds is 11. The molecule has 7 heteroatoms. The topological polar surface area (TPSA) is 79.3 Å². The van der Waals surface area contributed by atoms with E-state index < -0.39 is 0 Å². The Morgan fingerprint density at radius 1 is 1.00 bits per heavy atom. The number of imidazole rings is 1. The molecule has 3 aromatic carbocycles. The second kappa shape index (κ2) is 12.7. The molecule has 0 saturated carbocycles. The fourth-order valence-corrected chi connectivity index (χ4v) is 4.55. The summed E-state index contributed by atoms with van der Waals surface area (Å²) in [5.74, 6) is 0.916. The van der Waals surface area contributed by atoms with E-state index in [1.54, 1.807) is 0 Å². The summed E-state index contributed by atoms with van der Waals surface area (Å²) in [5, 5.41) is 6.08. The zero-order valence-electron chi connectivity index (χ0n) is 23.6. The van der Waals surface area contributed by atoms with Crippen molar-refractivity contribution in [3.63, 3.8) is 0 Å². The summed E-state index contributed by atoms with van der Waals surface area (Å²) in [7, 11) is 4.04. The number of amides is 2. The van der Waals surface area contributed by atoms with Crippen molar-refractivity contribution in [1.82, 2.24) is 19.8 Å². The molecule has 2 N–H and O–H groups in total. The van der Waals surface area contributed by atoms with Gasteiger partial charge in [0, 0.05) is 24.3 Å². The van der Waals surface area contributed by atoms with Crippen molar-refractivity contribution in [3.05, 3.63) is 94.8 Å². The van der Waals surface area contributed by atoms with Gasteiger partial charge in [-0.2, -0.15) is 0 Å². The number of anilines is 1. The molecule has 0 aliphatic heterocycles. The van der Waals surface area contributed by atoms with Crippen molar-refractivity contribution >= 4 is 28.5 Å². The van der Waals surface area contributed by atoms with Gasteiger partial charge >= 0.3 is 0 Å². The third-order valence-corrected chi connectivity index (χ3v) is 6.88. The smallest absolute Gasteiger partial charge is 0.251 e. The molecule has 204 valence electrons. The van der Waals surface area contributed by atoms with Crippen molar-refractivity contribution in [2.45, 2.75) is 46.1 Å². The highest BCUT2D eigenvalue weighted by molar-refractivity contribution is 5.94. The van der Waals surface area contributed by atoms with Crippen LogP contribution in [-0.2, 0) is 17.8 Å². The number of hydrogen-bond donors (Lipinski definition) is 2. The van der Waals surface area contributed by atoms with E-state index in [1.165, 1.54) is 5.56 Å². The Labute approximate surface area is 231 Å². The van der Waals surface area contributed by atoms with E-state index in [0.29, 0.717) is 30.4 Å². The van der Waals surface area contributed by atoms with Crippen molar-refractivity contribution in [2.24, 2.45) is 0 Å². The largest absolute Gasteiger partial charge is 0.352 e. The zero-order chi connectivity index (χ0) is 27.9. The first-order valence-corrected chi connectivity index (χ1v) is 13.6. The molecule has 0 bridgehead atoms. The monoisotopic (exact) mass is 525 g/mol. The number of benzene rings is 3. The van der Waals surface area contributed by atoms with E-state index in [2.05, 4.69) is 46.1 Å². The molecule has 0 aliphatic rings. The number of aromatic nitrogens is 2. The van der Waals surface area contributed by atoms with Crippen LogP contribution >= 0.6 is 0 Å². The highest BCUT2D eigenvalue weighted by Crippen LogP contribution is 2.23. The van der Waals surface area contributed by atoms with Crippen LogP contribution in [0.2, 0.25) is 0 Å². The molecule has 0 radical (unpaired) electrons. The van der Waals surface area contributed by atoms with Gasteiger partial charge in [0.2, 0.25) is 5.91 Å². The number of nitrogens with one attached hydrogen (secondary N) is 2. The molecule has 0 fully saturated rings. The van der Waals surface area contributed by atoms with Gasteiger partial charge in [0.15, 0.2) is 0 Å². The van der Waals surface area contributed by atoms with Crippen LogP contribution in [0.5, 0.6) is 0 Å². The van der Waals surface area contributed by atoms with Gasteiger partial charge in [-0.25, -0.2) is 4.98 Å². The molecule has 1 aromatic heterocycles. The lowest BCUT2D eigenvalue weighted by Gasteiger charge is -2.14. The summed E-state index contributed by atoms with van der Waals surface area (Å²) in [6.07, 6.45) is 1.07. The van der Waals surface area contributed by atoms with Gasteiger partial charge in [-0.05, 0) is 86.9 Å². The van der Waals surface area contributed by atoms with Gasteiger partial charge in [0.05, 0.1) is 17.5 Å². The van der Waals surface area contributed by atoms with Crippen LogP contribution in [0.25, 0.3) is 11.0 Å². The van der Waals surface area contributed by atoms with Crippen LogP contribution in [-0.4, -0.2) is 53.5 Å². The third kappa shape index (κ3) is 7.33. The Hall–Kier alpha value is -3.97. The van der Waals surface area contributed by atoms with Gasteiger partial charge in [0.25, 0.3) is 5.91 Å². The zero-order valence-corrected chi connectivity index (χ0v) is 23.6. The van der Waals surface area contributed by atoms with Crippen molar-refractivity contribution in [2.75, 3.05) is 32.5 Å². The fourth-order valence-electron chi connectivity index (χ4n) is 4.55. The maximum absolute atomic E-state index is 13.2. The molecule has 1 heterocycles. The number of para-hydroxylation sites is 2. The number of nitrogens with zero attached hydrogens (tertiary/aromatic N) is 3. The first-order valence-electron chi connectivity index (χ1n) is 13.6. The molecule has 0 aliphatic carbocycles. The lowest BCUT2D eigenvalue weighted by atomic mass is 10.0. The Morgan fingerprint density at radius 2 is 1.74 bits per heavy atom. The van der Waals surface area contributed by atoms with Crippen molar-refractivity contribution in [3.8, 4) is 0 Å². The molecular weight excluding hydrogens is 486 g/mol. The molecule has 0 atom stereocenters. The van der Waals surface area contributed by atoms with E-state index in [4.69, 9.17) is 4.98 Å². The number of carbonyl (C=O) groups excluding carboxylic acids is 2. The van der Waals surface area contributed by atoms with Crippen molar-refractivity contribution < 1.29 is 9.59 Å². The minimum atomic E-state index is -0.100. The number of aryl methyl sites for hydroxylation is 1. The predicted octanol–water partition coefficient (Wildman–Crippen LogP) is 5.38. The number of hydrogen-bond acceptors (Lipinski definition) is 4. The lowest BCUT2D eigenvalue weighted by Crippen LogP contribution is -2.27. The van der Waals surface area contributed by atoms with E-state index in [-0.39, 0.29) is 18.2 Å². The minimum absolute atomic E-state index is 0.0671. The van der Waals surface area contributed by atoms with Gasteiger partial charge in [-0.3, -0.25) is 9.59 Å². The molecule has 4 rings (SSSR count). The Bertz CT molecular complexity index is 1440. The molecule has 0 spiro atoms. The predicted molar refractivity (Wildman–Crippen MR) is 158 cm³/mol. The fraction of sp³-hybridized carbons (Fsp3) is 0.344. The molecule has 4 aromatic rings. The Morgan fingerprint density at radius 3 is 2.46 bits per heavy atom. The highest BCUT2D eigenvalue weighted by atomic mass is 16.2. The van der Waals surface area contributed by atoms with Gasteiger partial charge in [-0.1, -0.05) is 50.2 Å². The summed E-state index contributed by atoms with van der Waals surface area (Å²) in [5.41, 5.74) is 6.55. The van der Waals surface area contributed by atoms with Gasteiger partial charge in [0.1, 0.15) is 5.82 Å². The van der Waals surface area contributed by atoms with Gasteiger partial charge < -0.3 is 20.1 Å². The molecule has 0 unspecified atom stereocenters. The third-order valence-electron chi connectivity index (χ3n) is 6.88. The first-order chi connectivity index (χ1) is 18.7. The Kier molecular flexibility index (Phi) is 9.15. The summed E-state index contributed by atoms with van der Waals surface area (Å²) in [4.78, 5) is 32.6. The molecule has 7 nitrogen and oxygen atoms in total. The maximum atomic E-state index is 13.2. The number of carbonyl (C=O) groups is 2. The van der Waals surface area contributed by atoms with Crippen LogP contribution < -0.4 is 10.6 Å². The van der Waals surface area contributed by atoms with Crippen LogP contribution in [0.1, 0.15) is 59.1 Å². The molecule has 0 saturated heterocycles. The first kappa shape index (κ1) is 28.0. The molecule has 39 heavy (non-hydrogen) atoms. The van der Waals surface area contributed by atoms with Crippen LogP contribution in [0.4, 0.5) is 5.69 Å². The summed E-state index contributed by atoms with van der Waals surface area (Å²) >= 11 is 0. The lowest BCUT2D eigenvalue weighted by molar-refractivity contribution is -0.115. The SMILES string of the molecule is Cc1ccc(C(C)C)cc1NC(=O)Cc1nc2ccccc2n1Cc1ccc(C(=O)NCCCN(C)C)cc1. The average Bonchev–Trinajstić information content (AvgIpc) is 3.24. The maximum Gasteiger partial charge on any atom is 0.251 e. The van der Waals surface area contributed by atoms with Crippen LogP contribution in [0, 0.1) is 6.92 Å². The summed E-state index contributed by atoms with van der Waals surface area (Å²) in [6, 6.07) is 21.8. The second-order valence-corrected chi connectivity index (χ2v) is 10.7. The quantitative estimate of drug-likeness (QED) is 0.258. The normalized spacial score (nSPS) is 11.4. The number of fused-ring (bicyclic) bond motifs is 1. The highest BCUT2D eigenvalue weighted by Gasteiger charge is 2.16. The molecule has 2 amide bonds. The minimum Gasteiger partial charge on any atom is -0.352 e. The van der Waals surface area contributed by atoms with E-state index in [9.17, 15) is 9.59 Å². The Balaban J connectivity index is 1.48. The van der Waals surface area contributed by atoms with Gasteiger partial charge in [-0.15, -0.1) is 0 Å². The summed E-state index contributed by atoms with van der Waals surface area (Å²) in [6.45, 7) is 8.42. The van der Waals surface area contributed by atoms with Crippen molar-refractivity contribution in [1.29, 1.82) is 0 Å². The van der Waals surface area contributed by atoms with E-state index in [1.807, 2.05) is 75.6 Å². The van der Waals surface area contributed by atoms with E-state index >= 15 is 0 Å².